The highest BCUT2D eigenvalue weighted by molar-refractivity contribution is 7.10. The van der Waals surface area contributed by atoms with Gasteiger partial charge < -0.3 is 9.88 Å². The van der Waals surface area contributed by atoms with Gasteiger partial charge in [-0.1, -0.05) is 24.3 Å². The Hall–Kier alpha value is -2.92. The average molecular weight is 336 g/mol. The molecule has 1 amide bonds. The minimum atomic E-state index is -0.171. The molecule has 0 aliphatic carbocycles. The van der Waals surface area contributed by atoms with E-state index in [1.54, 1.807) is 34.2 Å². The van der Waals surface area contributed by atoms with E-state index < -0.39 is 0 Å². The molecule has 0 fully saturated rings. The number of thiophene rings is 1. The van der Waals surface area contributed by atoms with Crippen LogP contribution < -0.4 is 10.9 Å². The Kier molecular flexibility index (Phi) is 5.03. The zero-order valence-electron chi connectivity index (χ0n) is 12.9. The molecule has 0 saturated carbocycles. The third kappa shape index (κ3) is 4.30. The van der Waals surface area contributed by atoms with Gasteiger partial charge in [-0.25, -0.2) is 0 Å². The molecular weight excluding hydrogens is 320 g/mol. The molecule has 0 saturated heterocycles. The third-order valence-electron chi connectivity index (χ3n) is 3.42. The van der Waals surface area contributed by atoms with Crippen molar-refractivity contribution in [1.82, 2.24) is 4.57 Å². The second-order valence-corrected chi connectivity index (χ2v) is 6.18. The molecule has 0 aliphatic heterocycles. The van der Waals surface area contributed by atoms with E-state index in [1.807, 2.05) is 47.8 Å². The van der Waals surface area contributed by atoms with Gasteiger partial charge in [0.15, 0.2) is 0 Å². The third-order valence-corrected chi connectivity index (χ3v) is 4.25. The summed E-state index contributed by atoms with van der Waals surface area (Å²) in [6.07, 6.45) is 5.06. The smallest absolute Gasteiger partial charge is 0.250 e. The van der Waals surface area contributed by atoms with Crippen LogP contribution in [0, 0.1) is 0 Å². The van der Waals surface area contributed by atoms with Crippen molar-refractivity contribution < 1.29 is 4.79 Å². The molecule has 24 heavy (non-hydrogen) atoms. The highest BCUT2D eigenvalue weighted by Gasteiger charge is 2.00. The summed E-state index contributed by atoms with van der Waals surface area (Å²) >= 11 is 1.58. The highest BCUT2D eigenvalue weighted by Crippen LogP contribution is 2.12. The molecule has 1 aromatic carbocycles. The molecule has 3 aromatic rings. The van der Waals surface area contributed by atoms with E-state index in [9.17, 15) is 9.59 Å². The summed E-state index contributed by atoms with van der Waals surface area (Å²) in [4.78, 5) is 24.6. The molecule has 5 heteroatoms. The summed E-state index contributed by atoms with van der Waals surface area (Å²) in [7, 11) is 0. The lowest BCUT2D eigenvalue weighted by atomic mass is 10.2. The number of pyridine rings is 1. The van der Waals surface area contributed by atoms with Gasteiger partial charge in [0, 0.05) is 28.9 Å². The zero-order chi connectivity index (χ0) is 16.8. The Morgan fingerprint density at radius 1 is 1.08 bits per heavy atom. The standard InChI is InChI=1S/C19H16N2O2S/c22-18(11-10-17-4-3-13-24-17)20-16-8-6-15(7-9-16)14-21-12-2-1-5-19(21)23/h1-13H,14H2,(H,20,22). The number of aromatic nitrogens is 1. The van der Waals surface area contributed by atoms with Crippen LogP contribution in [0.5, 0.6) is 0 Å². The van der Waals surface area contributed by atoms with Gasteiger partial charge in [0.1, 0.15) is 0 Å². The molecule has 120 valence electrons. The summed E-state index contributed by atoms with van der Waals surface area (Å²) in [6, 6.07) is 16.5. The van der Waals surface area contributed by atoms with Crippen molar-refractivity contribution in [3.63, 3.8) is 0 Å². The van der Waals surface area contributed by atoms with Crippen LogP contribution in [0.15, 0.2) is 77.0 Å². The van der Waals surface area contributed by atoms with Crippen molar-refractivity contribution in [3.05, 3.63) is 93.0 Å². The number of carbonyl (C=O) groups is 1. The fourth-order valence-electron chi connectivity index (χ4n) is 2.21. The summed E-state index contributed by atoms with van der Waals surface area (Å²) in [5.41, 5.74) is 1.68. The maximum atomic E-state index is 11.9. The van der Waals surface area contributed by atoms with E-state index in [4.69, 9.17) is 0 Å². The summed E-state index contributed by atoms with van der Waals surface area (Å²) in [5, 5.41) is 4.78. The van der Waals surface area contributed by atoms with Crippen molar-refractivity contribution in [1.29, 1.82) is 0 Å². The summed E-state index contributed by atoms with van der Waals surface area (Å²) < 4.78 is 1.64. The first kappa shape index (κ1) is 16.0. The second kappa shape index (κ2) is 7.57. The first-order valence-corrected chi connectivity index (χ1v) is 8.36. The first-order valence-electron chi connectivity index (χ1n) is 7.48. The van der Waals surface area contributed by atoms with Crippen LogP contribution in [-0.2, 0) is 11.3 Å². The van der Waals surface area contributed by atoms with Crippen LogP contribution in [0.3, 0.4) is 0 Å². The van der Waals surface area contributed by atoms with Crippen LogP contribution in [0.25, 0.3) is 6.08 Å². The molecule has 2 aromatic heterocycles. The Morgan fingerprint density at radius 2 is 1.92 bits per heavy atom. The van der Waals surface area contributed by atoms with E-state index in [-0.39, 0.29) is 11.5 Å². The van der Waals surface area contributed by atoms with Gasteiger partial charge in [0.25, 0.3) is 5.56 Å². The number of nitrogens with one attached hydrogen (secondary N) is 1. The largest absolute Gasteiger partial charge is 0.323 e. The Bertz CT molecular complexity index is 894. The Labute approximate surface area is 143 Å². The van der Waals surface area contributed by atoms with Gasteiger partial charge >= 0.3 is 0 Å². The molecule has 4 nitrogen and oxygen atoms in total. The maximum Gasteiger partial charge on any atom is 0.250 e. The molecular formula is C19H16N2O2S. The minimum absolute atomic E-state index is 0.0337. The number of hydrogen-bond donors (Lipinski definition) is 1. The lowest BCUT2D eigenvalue weighted by Gasteiger charge is -2.07. The Morgan fingerprint density at radius 3 is 2.62 bits per heavy atom. The molecule has 2 heterocycles. The predicted octanol–water partition coefficient (Wildman–Crippen LogP) is 3.61. The number of rotatable bonds is 5. The average Bonchev–Trinajstić information content (AvgIpc) is 3.10. The van der Waals surface area contributed by atoms with Crippen molar-refractivity contribution in [2.45, 2.75) is 6.54 Å². The van der Waals surface area contributed by atoms with E-state index in [0.29, 0.717) is 6.54 Å². The topological polar surface area (TPSA) is 51.1 Å². The highest BCUT2D eigenvalue weighted by atomic mass is 32.1. The van der Waals surface area contributed by atoms with Gasteiger partial charge in [-0.05, 0) is 41.3 Å². The molecule has 0 bridgehead atoms. The molecule has 0 aliphatic rings. The van der Waals surface area contributed by atoms with Crippen LogP contribution in [0.2, 0.25) is 0 Å². The first-order chi connectivity index (χ1) is 11.7. The lowest BCUT2D eigenvalue weighted by Crippen LogP contribution is -2.18. The Balaban J connectivity index is 1.61. The van der Waals surface area contributed by atoms with Gasteiger partial charge in [0.05, 0.1) is 6.54 Å². The molecule has 0 spiro atoms. The van der Waals surface area contributed by atoms with E-state index in [0.717, 1.165) is 16.1 Å². The van der Waals surface area contributed by atoms with Gasteiger partial charge in [-0.2, -0.15) is 0 Å². The van der Waals surface area contributed by atoms with Crippen molar-refractivity contribution >= 4 is 29.0 Å². The fraction of sp³-hybridized carbons (Fsp3) is 0.0526. The molecule has 1 N–H and O–H groups in total. The SMILES string of the molecule is O=C(C=Cc1cccs1)Nc1ccc(Cn2ccccc2=O)cc1. The number of hydrogen-bond acceptors (Lipinski definition) is 3. The van der Waals surface area contributed by atoms with Crippen molar-refractivity contribution in [2.75, 3.05) is 5.32 Å². The van der Waals surface area contributed by atoms with Gasteiger partial charge in [-0.15, -0.1) is 11.3 Å². The van der Waals surface area contributed by atoms with Crippen LogP contribution in [-0.4, -0.2) is 10.5 Å². The second-order valence-electron chi connectivity index (χ2n) is 5.20. The van der Waals surface area contributed by atoms with Gasteiger partial charge in [0.2, 0.25) is 5.91 Å². The number of benzene rings is 1. The van der Waals surface area contributed by atoms with Crippen LogP contribution in [0.4, 0.5) is 5.69 Å². The predicted molar refractivity (Wildman–Crippen MR) is 98.2 cm³/mol. The number of nitrogens with zero attached hydrogens (tertiary/aromatic N) is 1. The quantitative estimate of drug-likeness (QED) is 0.724. The van der Waals surface area contributed by atoms with Gasteiger partial charge in [-0.3, -0.25) is 9.59 Å². The van der Waals surface area contributed by atoms with E-state index in [1.165, 1.54) is 12.1 Å². The molecule has 3 rings (SSSR count). The number of anilines is 1. The normalized spacial score (nSPS) is 10.8. The summed E-state index contributed by atoms with van der Waals surface area (Å²) in [5.74, 6) is -0.171. The van der Waals surface area contributed by atoms with Crippen molar-refractivity contribution in [3.8, 4) is 0 Å². The molecule has 0 atom stereocenters. The zero-order valence-corrected chi connectivity index (χ0v) is 13.7. The van der Waals surface area contributed by atoms with E-state index >= 15 is 0 Å². The van der Waals surface area contributed by atoms with Crippen LogP contribution in [0.1, 0.15) is 10.4 Å². The number of amides is 1. The monoisotopic (exact) mass is 336 g/mol. The molecule has 0 unspecified atom stereocenters. The van der Waals surface area contributed by atoms with Crippen LogP contribution >= 0.6 is 11.3 Å². The summed E-state index contributed by atoms with van der Waals surface area (Å²) in [6.45, 7) is 0.506. The minimum Gasteiger partial charge on any atom is -0.323 e. The maximum absolute atomic E-state index is 11.9. The lowest BCUT2D eigenvalue weighted by molar-refractivity contribution is -0.111. The molecule has 0 radical (unpaired) electrons. The van der Waals surface area contributed by atoms with E-state index in [2.05, 4.69) is 5.32 Å². The van der Waals surface area contributed by atoms with Crippen molar-refractivity contribution in [2.24, 2.45) is 0 Å². The number of carbonyl (C=O) groups excluding carboxylic acids is 1. The fourth-order valence-corrected chi connectivity index (χ4v) is 2.83.